The zero-order valence-electron chi connectivity index (χ0n) is 13.4. The molecule has 0 atom stereocenters. The molecule has 0 saturated heterocycles. The lowest BCUT2D eigenvalue weighted by Crippen LogP contribution is -2.13. The maximum Gasteiger partial charge on any atom is 0.258 e. The van der Waals surface area contributed by atoms with Crippen molar-refractivity contribution in [3.63, 3.8) is 0 Å². The predicted octanol–water partition coefficient (Wildman–Crippen LogP) is 5.54. The molecule has 4 aromatic rings. The van der Waals surface area contributed by atoms with Crippen molar-refractivity contribution in [3.05, 3.63) is 83.1 Å². The van der Waals surface area contributed by atoms with Crippen LogP contribution < -0.4 is 5.32 Å². The summed E-state index contributed by atoms with van der Waals surface area (Å²) >= 11 is 5.89. The Bertz CT molecular complexity index is 1110. The number of nitrogens with zero attached hydrogens (tertiary/aromatic N) is 1. The molecular weight excluding hydrogens is 355 g/mol. The monoisotopic (exact) mass is 366 g/mol. The molecule has 26 heavy (non-hydrogen) atoms. The second-order valence-electron chi connectivity index (χ2n) is 5.64. The number of carbonyl (C=O) groups excluding carboxylic acids is 1. The number of hydrogen-bond donors (Lipinski definition) is 1. The number of halogens is 2. The van der Waals surface area contributed by atoms with E-state index in [4.69, 9.17) is 16.0 Å². The first-order valence-electron chi connectivity index (χ1n) is 7.82. The van der Waals surface area contributed by atoms with Crippen molar-refractivity contribution in [1.29, 1.82) is 0 Å². The average molecular weight is 367 g/mol. The Morgan fingerprint density at radius 1 is 1.04 bits per heavy atom. The number of hydrogen-bond acceptors (Lipinski definition) is 3. The summed E-state index contributed by atoms with van der Waals surface area (Å²) in [5.41, 5.74) is 2.44. The molecule has 0 unspecified atom stereocenters. The lowest BCUT2D eigenvalue weighted by molar-refractivity contribution is 0.102. The SMILES string of the molecule is O=C(Nc1ccc2oc(-c3ccc(Cl)cc3)nc2c1)c1ccccc1F. The summed E-state index contributed by atoms with van der Waals surface area (Å²) in [5, 5.41) is 3.30. The van der Waals surface area contributed by atoms with E-state index in [1.165, 1.54) is 18.2 Å². The first kappa shape index (κ1) is 16.3. The van der Waals surface area contributed by atoms with Gasteiger partial charge in [0, 0.05) is 16.3 Å². The Hall–Kier alpha value is -3.18. The number of oxazole rings is 1. The van der Waals surface area contributed by atoms with Gasteiger partial charge in [0.15, 0.2) is 5.58 Å². The molecule has 0 radical (unpaired) electrons. The molecule has 6 heteroatoms. The Kier molecular flexibility index (Phi) is 4.14. The molecule has 1 N–H and O–H groups in total. The van der Waals surface area contributed by atoms with Gasteiger partial charge in [-0.1, -0.05) is 23.7 Å². The van der Waals surface area contributed by atoms with Crippen molar-refractivity contribution >= 4 is 34.3 Å². The minimum Gasteiger partial charge on any atom is -0.436 e. The third-order valence-electron chi connectivity index (χ3n) is 3.86. The maximum absolute atomic E-state index is 13.7. The second-order valence-corrected chi connectivity index (χ2v) is 6.08. The molecular formula is C20H12ClFN2O2. The summed E-state index contributed by atoms with van der Waals surface area (Å²) < 4.78 is 19.4. The minimum absolute atomic E-state index is 0.0189. The van der Waals surface area contributed by atoms with Gasteiger partial charge in [0.05, 0.1) is 5.56 Å². The van der Waals surface area contributed by atoms with Crippen LogP contribution in [-0.4, -0.2) is 10.9 Å². The van der Waals surface area contributed by atoms with Crippen LogP contribution in [0.5, 0.6) is 0 Å². The second kappa shape index (κ2) is 6.61. The highest BCUT2D eigenvalue weighted by Gasteiger charge is 2.13. The van der Waals surface area contributed by atoms with Crippen molar-refractivity contribution in [2.24, 2.45) is 0 Å². The fourth-order valence-electron chi connectivity index (χ4n) is 2.56. The lowest BCUT2D eigenvalue weighted by atomic mass is 10.2. The van der Waals surface area contributed by atoms with Crippen LogP contribution in [0, 0.1) is 5.82 Å². The van der Waals surface area contributed by atoms with Crippen LogP contribution in [0.15, 0.2) is 71.1 Å². The van der Waals surface area contributed by atoms with E-state index in [0.717, 1.165) is 5.56 Å². The van der Waals surface area contributed by atoms with Crippen molar-refractivity contribution in [1.82, 2.24) is 4.98 Å². The fraction of sp³-hybridized carbons (Fsp3) is 0. The van der Waals surface area contributed by atoms with Crippen molar-refractivity contribution in [2.45, 2.75) is 0 Å². The summed E-state index contributed by atoms with van der Waals surface area (Å²) in [6.45, 7) is 0. The third kappa shape index (κ3) is 3.17. The number of rotatable bonds is 3. The van der Waals surface area contributed by atoms with Gasteiger partial charge in [0.2, 0.25) is 5.89 Å². The molecule has 0 aliphatic heterocycles. The van der Waals surface area contributed by atoms with Crippen LogP contribution in [0.4, 0.5) is 10.1 Å². The lowest BCUT2D eigenvalue weighted by Gasteiger charge is -2.05. The van der Waals surface area contributed by atoms with Gasteiger partial charge in [0.1, 0.15) is 11.3 Å². The third-order valence-corrected chi connectivity index (χ3v) is 4.11. The van der Waals surface area contributed by atoms with E-state index in [2.05, 4.69) is 10.3 Å². The molecule has 0 aliphatic carbocycles. The van der Waals surface area contributed by atoms with Crippen LogP contribution >= 0.6 is 11.6 Å². The largest absolute Gasteiger partial charge is 0.436 e. The van der Waals surface area contributed by atoms with Gasteiger partial charge < -0.3 is 9.73 Å². The standard InChI is InChI=1S/C20H12ClFN2O2/c21-13-7-5-12(6-8-13)20-24-17-11-14(9-10-18(17)26-20)23-19(25)15-3-1-2-4-16(15)22/h1-11H,(H,23,25). The van der Waals surface area contributed by atoms with E-state index in [9.17, 15) is 9.18 Å². The highest BCUT2D eigenvalue weighted by atomic mass is 35.5. The van der Waals surface area contributed by atoms with Gasteiger partial charge >= 0.3 is 0 Å². The smallest absolute Gasteiger partial charge is 0.258 e. The molecule has 4 nitrogen and oxygen atoms in total. The first-order valence-corrected chi connectivity index (χ1v) is 8.20. The molecule has 0 bridgehead atoms. The maximum atomic E-state index is 13.7. The highest BCUT2D eigenvalue weighted by Crippen LogP contribution is 2.27. The zero-order chi connectivity index (χ0) is 18.1. The number of anilines is 1. The average Bonchev–Trinajstić information content (AvgIpc) is 3.06. The van der Waals surface area contributed by atoms with Gasteiger partial charge in [0.25, 0.3) is 5.91 Å². The van der Waals surface area contributed by atoms with Gasteiger partial charge in [-0.05, 0) is 54.6 Å². The number of nitrogens with one attached hydrogen (secondary N) is 1. The van der Waals surface area contributed by atoms with E-state index in [0.29, 0.717) is 27.7 Å². The first-order chi connectivity index (χ1) is 12.6. The molecule has 0 aliphatic rings. The van der Waals surface area contributed by atoms with E-state index in [-0.39, 0.29) is 5.56 Å². The summed E-state index contributed by atoms with van der Waals surface area (Å²) in [4.78, 5) is 16.7. The van der Waals surface area contributed by atoms with Crippen LogP contribution in [0.25, 0.3) is 22.6 Å². The number of amides is 1. The Morgan fingerprint density at radius 3 is 2.58 bits per heavy atom. The van der Waals surface area contributed by atoms with Gasteiger partial charge in [-0.15, -0.1) is 0 Å². The van der Waals surface area contributed by atoms with Crippen LogP contribution in [0.3, 0.4) is 0 Å². The fourth-order valence-corrected chi connectivity index (χ4v) is 2.69. The number of benzene rings is 3. The Balaban J connectivity index is 1.62. The number of fused-ring (bicyclic) bond motifs is 1. The van der Waals surface area contributed by atoms with E-state index >= 15 is 0 Å². The molecule has 0 spiro atoms. The normalized spacial score (nSPS) is 10.8. The van der Waals surface area contributed by atoms with Crippen molar-refractivity contribution in [2.75, 3.05) is 5.32 Å². The summed E-state index contributed by atoms with van der Waals surface area (Å²) in [7, 11) is 0. The van der Waals surface area contributed by atoms with E-state index < -0.39 is 11.7 Å². The molecule has 0 fully saturated rings. The number of aromatic nitrogens is 1. The highest BCUT2D eigenvalue weighted by molar-refractivity contribution is 6.30. The van der Waals surface area contributed by atoms with Crippen LogP contribution in [-0.2, 0) is 0 Å². The topological polar surface area (TPSA) is 55.1 Å². The van der Waals surface area contributed by atoms with Crippen molar-refractivity contribution < 1.29 is 13.6 Å². The molecule has 1 amide bonds. The molecule has 4 rings (SSSR count). The van der Waals surface area contributed by atoms with Gasteiger partial charge in [-0.25, -0.2) is 9.37 Å². The van der Waals surface area contributed by atoms with Crippen molar-refractivity contribution in [3.8, 4) is 11.5 Å². The van der Waals surface area contributed by atoms with Gasteiger partial charge in [-0.3, -0.25) is 4.79 Å². The van der Waals surface area contributed by atoms with Crippen LogP contribution in [0.2, 0.25) is 5.02 Å². The predicted molar refractivity (Wildman–Crippen MR) is 98.8 cm³/mol. The van der Waals surface area contributed by atoms with Gasteiger partial charge in [-0.2, -0.15) is 0 Å². The number of carbonyl (C=O) groups is 1. The molecule has 3 aromatic carbocycles. The summed E-state index contributed by atoms with van der Waals surface area (Å²) in [6, 6.07) is 18.0. The Morgan fingerprint density at radius 2 is 1.81 bits per heavy atom. The quantitative estimate of drug-likeness (QED) is 0.518. The minimum atomic E-state index is -0.572. The molecule has 1 aromatic heterocycles. The Labute approximate surface area is 153 Å². The summed E-state index contributed by atoms with van der Waals surface area (Å²) in [5.74, 6) is -0.643. The molecule has 1 heterocycles. The molecule has 128 valence electrons. The van der Waals surface area contributed by atoms with Crippen LogP contribution in [0.1, 0.15) is 10.4 Å². The van der Waals surface area contributed by atoms with E-state index in [1.807, 2.05) is 12.1 Å². The summed E-state index contributed by atoms with van der Waals surface area (Å²) in [6.07, 6.45) is 0. The van der Waals surface area contributed by atoms with E-state index in [1.54, 1.807) is 36.4 Å². The zero-order valence-corrected chi connectivity index (χ0v) is 14.1. The molecule has 0 saturated carbocycles.